The smallest absolute Gasteiger partial charge is 0.256 e. The fourth-order valence-corrected chi connectivity index (χ4v) is 2.37. The van der Waals surface area contributed by atoms with E-state index in [-0.39, 0.29) is 29.9 Å². The van der Waals surface area contributed by atoms with Gasteiger partial charge in [0, 0.05) is 19.1 Å². The minimum Gasteiger partial charge on any atom is -0.338 e. The Morgan fingerprint density at radius 2 is 2.21 bits per heavy atom. The van der Waals surface area contributed by atoms with Gasteiger partial charge in [0.25, 0.3) is 5.91 Å². The molecule has 3 nitrogen and oxygen atoms in total. The summed E-state index contributed by atoms with van der Waals surface area (Å²) in [7, 11) is 0. The molecule has 2 rings (SSSR count). The number of benzene rings is 1. The molecule has 1 amide bonds. The highest BCUT2D eigenvalue weighted by atomic mass is 35.5. The number of amides is 1. The maximum Gasteiger partial charge on any atom is 0.256 e. The summed E-state index contributed by atoms with van der Waals surface area (Å²) in [6.07, 6.45) is 0.900. The van der Waals surface area contributed by atoms with Crippen LogP contribution in [0.4, 0.5) is 4.39 Å². The van der Waals surface area contributed by atoms with Crippen LogP contribution >= 0.6 is 12.4 Å². The van der Waals surface area contributed by atoms with Crippen molar-refractivity contribution in [3.8, 4) is 0 Å². The maximum absolute atomic E-state index is 13.7. The predicted molar refractivity (Wildman–Crippen MR) is 76.0 cm³/mol. The number of aryl methyl sites for hydroxylation is 1. The van der Waals surface area contributed by atoms with Crippen molar-refractivity contribution in [1.29, 1.82) is 0 Å². The summed E-state index contributed by atoms with van der Waals surface area (Å²) in [6.45, 7) is 5.10. The van der Waals surface area contributed by atoms with Crippen molar-refractivity contribution in [3.05, 3.63) is 35.1 Å². The number of hydrogen-bond donors (Lipinski definition) is 1. The Morgan fingerprint density at radius 1 is 1.53 bits per heavy atom. The minimum absolute atomic E-state index is 0. The lowest BCUT2D eigenvalue weighted by Gasteiger charge is -2.18. The monoisotopic (exact) mass is 286 g/mol. The molecule has 1 aliphatic rings. The largest absolute Gasteiger partial charge is 0.338 e. The van der Waals surface area contributed by atoms with Crippen LogP contribution in [0.3, 0.4) is 0 Å². The molecule has 0 radical (unpaired) electrons. The van der Waals surface area contributed by atoms with Crippen molar-refractivity contribution in [2.75, 3.05) is 13.1 Å². The molecule has 19 heavy (non-hydrogen) atoms. The molecule has 0 aromatic heterocycles. The zero-order valence-corrected chi connectivity index (χ0v) is 12.0. The molecule has 1 aliphatic heterocycles. The predicted octanol–water partition coefficient (Wildman–Crippen LogP) is 2.37. The van der Waals surface area contributed by atoms with Gasteiger partial charge in [-0.05, 0) is 38.3 Å². The highest BCUT2D eigenvalue weighted by Crippen LogP contribution is 2.22. The van der Waals surface area contributed by atoms with Crippen molar-refractivity contribution < 1.29 is 9.18 Å². The second-order valence-corrected chi connectivity index (χ2v) is 5.14. The van der Waals surface area contributed by atoms with Crippen LogP contribution in [0.1, 0.15) is 29.3 Å². The van der Waals surface area contributed by atoms with Crippen molar-refractivity contribution in [1.82, 2.24) is 4.90 Å². The molecule has 0 spiro atoms. The highest BCUT2D eigenvalue weighted by molar-refractivity contribution is 5.94. The van der Waals surface area contributed by atoms with Gasteiger partial charge in [-0.1, -0.05) is 11.6 Å². The summed E-state index contributed by atoms with van der Waals surface area (Å²) < 4.78 is 13.7. The number of nitrogens with zero attached hydrogens (tertiary/aromatic N) is 1. The Labute approximate surface area is 119 Å². The van der Waals surface area contributed by atoms with Gasteiger partial charge in [0.2, 0.25) is 0 Å². The van der Waals surface area contributed by atoms with Gasteiger partial charge in [0.1, 0.15) is 5.82 Å². The first-order valence-corrected chi connectivity index (χ1v) is 6.30. The average molecular weight is 287 g/mol. The third-order valence-corrected chi connectivity index (χ3v) is 3.61. The summed E-state index contributed by atoms with van der Waals surface area (Å²) in [4.78, 5) is 13.9. The SMILES string of the molecule is Cc1ccc(F)c(C(=O)N2CCC(C(C)N)C2)c1.Cl. The van der Waals surface area contributed by atoms with Gasteiger partial charge in [0.05, 0.1) is 5.56 Å². The van der Waals surface area contributed by atoms with Crippen molar-refractivity contribution in [2.45, 2.75) is 26.3 Å². The number of carbonyl (C=O) groups excluding carboxylic acids is 1. The molecular weight excluding hydrogens is 267 g/mol. The Hall–Kier alpha value is -1.13. The third kappa shape index (κ3) is 3.45. The maximum atomic E-state index is 13.7. The number of likely N-dealkylation sites (tertiary alicyclic amines) is 1. The number of rotatable bonds is 2. The van der Waals surface area contributed by atoms with Gasteiger partial charge in [-0.3, -0.25) is 4.79 Å². The first-order valence-electron chi connectivity index (χ1n) is 6.30. The third-order valence-electron chi connectivity index (χ3n) is 3.61. The zero-order chi connectivity index (χ0) is 13.3. The molecule has 5 heteroatoms. The van der Waals surface area contributed by atoms with Crippen molar-refractivity contribution >= 4 is 18.3 Å². The van der Waals surface area contributed by atoms with E-state index < -0.39 is 5.82 Å². The van der Waals surface area contributed by atoms with Gasteiger partial charge in [-0.25, -0.2) is 4.39 Å². The second-order valence-electron chi connectivity index (χ2n) is 5.14. The van der Waals surface area contributed by atoms with E-state index in [4.69, 9.17) is 5.73 Å². The Bertz CT molecular complexity index is 465. The lowest BCUT2D eigenvalue weighted by atomic mass is 10.0. The molecule has 1 aromatic carbocycles. The first kappa shape index (κ1) is 15.9. The van der Waals surface area contributed by atoms with E-state index in [0.717, 1.165) is 12.0 Å². The Balaban J connectivity index is 0.00000180. The normalized spacial score (nSPS) is 20.0. The highest BCUT2D eigenvalue weighted by Gasteiger charge is 2.29. The van der Waals surface area contributed by atoms with E-state index in [0.29, 0.717) is 19.0 Å². The minimum atomic E-state index is -0.449. The standard InChI is InChI=1S/C14H19FN2O.ClH/c1-9-3-4-13(15)12(7-9)14(18)17-6-5-11(8-17)10(2)16;/h3-4,7,10-11H,5-6,8,16H2,1-2H3;1H. The quantitative estimate of drug-likeness (QED) is 0.907. The lowest BCUT2D eigenvalue weighted by molar-refractivity contribution is 0.0781. The van der Waals surface area contributed by atoms with Gasteiger partial charge >= 0.3 is 0 Å². The van der Waals surface area contributed by atoms with Gasteiger partial charge < -0.3 is 10.6 Å². The van der Waals surface area contributed by atoms with Crippen LogP contribution in [-0.4, -0.2) is 29.9 Å². The van der Waals surface area contributed by atoms with Crippen LogP contribution in [-0.2, 0) is 0 Å². The lowest BCUT2D eigenvalue weighted by Crippen LogP contribution is -2.33. The molecule has 0 bridgehead atoms. The summed E-state index contributed by atoms with van der Waals surface area (Å²) >= 11 is 0. The topological polar surface area (TPSA) is 46.3 Å². The number of halogens is 2. The summed E-state index contributed by atoms with van der Waals surface area (Å²) in [6, 6.07) is 4.70. The fraction of sp³-hybridized carbons (Fsp3) is 0.500. The number of nitrogens with two attached hydrogens (primary N) is 1. The Morgan fingerprint density at radius 3 is 2.79 bits per heavy atom. The van der Waals surface area contributed by atoms with E-state index in [1.54, 1.807) is 17.0 Å². The van der Waals surface area contributed by atoms with Crippen molar-refractivity contribution in [3.63, 3.8) is 0 Å². The van der Waals surface area contributed by atoms with Crippen LogP contribution in [0.25, 0.3) is 0 Å². The molecule has 1 aromatic rings. The van der Waals surface area contributed by atoms with Crippen LogP contribution < -0.4 is 5.73 Å². The molecule has 2 atom stereocenters. The summed E-state index contributed by atoms with van der Waals surface area (Å²) in [5.74, 6) is -0.351. The molecule has 2 N–H and O–H groups in total. The Kier molecular flexibility index (Phi) is 5.32. The summed E-state index contributed by atoms with van der Waals surface area (Å²) in [5.41, 5.74) is 6.90. The number of hydrogen-bond acceptors (Lipinski definition) is 2. The van der Waals surface area contributed by atoms with E-state index in [2.05, 4.69) is 0 Å². The molecule has 1 heterocycles. The van der Waals surface area contributed by atoms with E-state index in [9.17, 15) is 9.18 Å². The van der Waals surface area contributed by atoms with Crippen molar-refractivity contribution in [2.24, 2.45) is 11.7 Å². The second kappa shape index (κ2) is 6.35. The molecule has 1 saturated heterocycles. The fourth-order valence-electron chi connectivity index (χ4n) is 2.37. The van der Waals surface area contributed by atoms with Crippen LogP contribution in [0.15, 0.2) is 18.2 Å². The van der Waals surface area contributed by atoms with E-state index in [1.807, 2.05) is 13.8 Å². The average Bonchev–Trinajstić information content (AvgIpc) is 2.81. The van der Waals surface area contributed by atoms with Gasteiger partial charge in [0.15, 0.2) is 0 Å². The number of carbonyl (C=O) groups is 1. The van der Waals surface area contributed by atoms with Crippen LogP contribution in [0.5, 0.6) is 0 Å². The molecule has 0 saturated carbocycles. The van der Waals surface area contributed by atoms with E-state index >= 15 is 0 Å². The van der Waals surface area contributed by atoms with Crippen LogP contribution in [0.2, 0.25) is 0 Å². The zero-order valence-electron chi connectivity index (χ0n) is 11.2. The first-order chi connectivity index (χ1) is 8.49. The molecular formula is C14H20ClFN2O. The molecule has 0 aliphatic carbocycles. The summed E-state index contributed by atoms with van der Waals surface area (Å²) in [5, 5.41) is 0. The molecule has 106 valence electrons. The molecule has 2 unspecified atom stereocenters. The van der Waals surface area contributed by atoms with Crippen LogP contribution in [0, 0.1) is 18.7 Å². The molecule has 1 fully saturated rings. The van der Waals surface area contributed by atoms with Gasteiger partial charge in [-0.15, -0.1) is 12.4 Å². The van der Waals surface area contributed by atoms with Gasteiger partial charge in [-0.2, -0.15) is 0 Å². The van der Waals surface area contributed by atoms with E-state index in [1.165, 1.54) is 6.07 Å².